The van der Waals surface area contributed by atoms with Gasteiger partial charge in [0.2, 0.25) is 5.89 Å². The normalized spacial score (nSPS) is 28.1. The van der Waals surface area contributed by atoms with Crippen LogP contribution in [-0.2, 0) is 4.74 Å². The van der Waals surface area contributed by atoms with Gasteiger partial charge < -0.3 is 15.0 Å². The van der Waals surface area contributed by atoms with Crippen LogP contribution in [0, 0.1) is 0 Å². The Morgan fingerprint density at radius 3 is 3.08 bits per heavy atom. The summed E-state index contributed by atoms with van der Waals surface area (Å²) in [4.78, 5) is 4.01. The molecule has 1 saturated heterocycles. The third-order valence-corrected chi connectivity index (χ3v) is 2.39. The first-order chi connectivity index (χ1) is 6.31. The fourth-order valence-electron chi connectivity index (χ4n) is 1.73. The molecule has 0 amide bonds. The Hall–Kier alpha value is -1.10. The molecule has 2 N–H and O–H groups in total. The smallest absolute Gasteiger partial charge is 0.260 e. The van der Waals surface area contributed by atoms with Crippen molar-refractivity contribution in [3.05, 3.63) is 5.89 Å². The van der Waals surface area contributed by atoms with E-state index in [-0.39, 0.29) is 18.0 Å². The number of nitrogens with zero attached hydrogens (tertiary/aromatic N) is 2. The van der Waals surface area contributed by atoms with E-state index in [1.165, 1.54) is 0 Å². The van der Waals surface area contributed by atoms with Gasteiger partial charge in [-0.25, -0.2) is 0 Å². The molecule has 0 spiro atoms. The Bertz CT molecular complexity index is 287. The lowest BCUT2D eigenvalue weighted by molar-refractivity contribution is 0.0953. The zero-order valence-corrected chi connectivity index (χ0v) is 7.56. The number of aromatic nitrogens is 2. The molecule has 0 aromatic carbocycles. The van der Waals surface area contributed by atoms with Crippen molar-refractivity contribution in [2.75, 3.05) is 12.3 Å². The summed E-state index contributed by atoms with van der Waals surface area (Å²) in [6, 6.07) is 0. The van der Waals surface area contributed by atoms with E-state index >= 15 is 0 Å². The van der Waals surface area contributed by atoms with E-state index < -0.39 is 0 Å². The van der Waals surface area contributed by atoms with Crippen LogP contribution in [0.3, 0.4) is 0 Å². The molecule has 72 valence electrons. The largest absolute Gasteiger partial charge is 0.377 e. The van der Waals surface area contributed by atoms with Gasteiger partial charge in [-0.15, -0.1) is 0 Å². The fourth-order valence-corrected chi connectivity index (χ4v) is 1.73. The lowest BCUT2D eigenvalue weighted by atomic mass is 10.00. The summed E-state index contributed by atoms with van der Waals surface area (Å²) >= 11 is 0. The molecule has 2 rings (SSSR count). The SMILES string of the molecule is CCC1OCCC1c1nc(N)no1. The van der Waals surface area contributed by atoms with Crippen LogP contribution in [0.1, 0.15) is 31.6 Å². The predicted octanol–water partition coefficient (Wildman–Crippen LogP) is 0.934. The molecule has 1 aromatic rings. The van der Waals surface area contributed by atoms with E-state index in [9.17, 15) is 0 Å². The van der Waals surface area contributed by atoms with Crippen LogP contribution in [0.5, 0.6) is 0 Å². The van der Waals surface area contributed by atoms with Crippen molar-refractivity contribution in [1.82, 2.24) is 10.1 Å². The highest BCUT2D eigenvalue weighted by Gasteiger charge is 2.32. The molecule has 0 aliphatic carbocycles. The average molecular weight is 183 g/mol. The van der Waals surface area contributed by atoms with Crippen molar-refractivity contribution in [2.24, 2.45) is 0 Å². The molecule has 5 heteroatoms. The molecule has 1 aromatic heterocycles. The van der Waals surface area contributed by atoms with Gasteiger partial charge in [-0.1, -0.05) is 6.92 Å². The summed E-state index contributed by atoms with van der Waals surface area (Å²) in [5.74, 6) is 1.05. The van der Waals surface area contributed by atoms with Gasteiger partial charge in [0.05, 0.1) is 12.0 Å². The maximum atomic E-state index is 5.51. The molecule has 5 nitrogen and oxygen atoms in total. The molecule has 1 fully saturated rings. The zero-order chi connectivity index (χ0) is 9.26. The Labute approximate surface area is 76.3 Å². The van der Waals surface area contributed by atoms with Crippen molar-refractivity contribution < 1.29 is 9.26 Å². The molecular weight excluding hydrogens is 170 g/mol. The maximum Gasteiger partial charge on any atom is 0.260 e. The van der Waals surface area contributed by atoms with Gasteiger partial charge in [-0.3, -0.25) is 0 Å². The Morgan fingerprint density at radius 1 is 1.62 bits per heavy atom. The summed E-state index contributed by atoms with van der Waals surface area (Å²) in [5, 5.41) is 3.57. The number of ether oxygens (including phenoxy) is 1. The number of nitrogens with two attached hydrogens (primary N) is 1. The molecule has 0 radical (unpaired) electrons. The molecule has 13 heavy (non-hydrogen) atoms. The molecular formula is C8H13N3O2. The van der Waals surface area contributed by atoms with Crippen LogP contribution in [0.4, 0.5) is 5.95 Å². The van der Waals surface area contributed by atoms with E-state index in [0.29, 0.717) is 5.89 Å². The number of rotatable bonds is 2. The van der Waals surface area contributed by atoms with E-state index in [0.717, 1.165) is 19.4 Å². The van der Waals surface area contributed by atoms with Crippen molar-refractivity contribution in [2.45, 2.75) is 31.8 Å². The average Bonchev–Trinajstić information content (AvgIpc) is 2.71. The van der Waals surface area contributed by atoms with E-state index in [1.807, 2.05) is 0 Å². The van der Waals surface area contributed by atoms with Crippen molar-refractivity contribution in [3.8, 4) is 0 Å². The van der Waals surface area contributed by atoms with Crippen LogP contribution in [0.15, 0.2) is 4.52 Å². The van der Waals surface area contributed by atoms with Crippen molar-refractivity contribution in [1.29, 1.82) is 0 Å². The van der Waals surface area contributed by atoms with Crippen molar-refractivity contribution >= 4 is 5.95 Å². The molecule has 2 atom stereocenters. The molecule has 1 aliphatic rings. The van der Waals surface area contributed by atoms with Crippen LogP contribution in [0.2, 0.25) is 0 Å². The second-order valence-corrected chi connectivity index (χ2v) is 3.20. The van der Waals surface area contributed by atoms with Crippen LogP contribution in [-0.4, -0.2) is 22.9 Å². The monoisotopic (exact) mass is 183 g/mol. The number of hydrogen-bond acceptors (Lipinski definition) is 5. The number of hydrogen-bond donors (Lipinski definition) is 1. The van der Waals surface area contributed by atoms with Crippen LogP contribution < -0.4 is 5.73 Å². The molecule has 1 aliphatic heterocycles. The summed E-state index contributed by atoms with van der Waals surface area (Å²) in [6.07, 6.45) is 2.12. The first-order valence-corrected chi connectivity index (χ1v) is 4.52. The molecule has 2 unspecified atom stereocenters. The predicted molar refractivity (Wildman–Crippen MR) is 46.1 cm³/mol. The number of anilines is 1. The van der Waals surface area contributed by atoms with Gasteiger partial charge in [0.25, 0.3) is 5.95 Å². The fraction of sp³-hybridized carbons (Fsp3) is 0.750. The van der Waals surface area contributed by atoms with Gasteiger partial charge in [0.1, 0.15) is 0 Å². The molecule has 0 bridgehead atoms. The minimum Gasteiger partial charge on any atom is -0.377 e. The van der Waals surface area contributed by atoms with Gasteiger partial charge in [0.15, 0.2) is 0 Å². The zero-order valence-electron chi connectivity index (χ0n) is 7.56. The minimum atomic E-state index is 0.205. The second-order valence-electron chi connectivity index (χ2n) is 3.20. The number of nitrogen functional groups attached to an aromatic ring is 1. The third kappa shape index (κ3) is 1.51. The summed E-state index contributed by atoms with van der Waals surface area (Å²) < 4.78 is 10.5. The molecule has 0 saturated carbocycles. The standard InChI is InChI=1S/C8H13N3O2/c1-2-6-5(3-4-12-6)7-10-8(9)11-13-7/h5-6H,2-4H2,1H3,(H2,9,11). The quantitative estimate of drug-likeness (QED) is 0.738. The first-order valence-electron chi connectivity index (χ1n) is 4.52. The van der Waals surface area contributed by atoms with Gasteiger partial charge in [-0.2, -0.15) is 4.98 Å². The van der Waals surface area contributed by atoms with Gasteiger partial charge >= 0.3 is 0 Å². The highest BCUT2D eigenvalue weighted by Crippen LogP contribution is 2.31. The van der Waals surface area contributed by atoms with Crippen LogP contribution in [0.25, 0.3) is 0 Å². The Balaban J connectivity index is 2.15. The summed E-state index contributed by atoms with van der Waals surface area (Å²) in [6.45, 7) is 2.86. The topological polar surface area (TPSA) is 74.2 Å². The highest BCUT2D eigenvalue weighted by molar-refractivity contribution is 5.13. The highest BCUT2D eigenvalue weighted by atomic mass is 16.5. The lowest BCUT2D eigenvalue weighted by Gasteiger charge is -2.11. The van der Waals surface area contributed by atoms with Gasteiger partial charge in [-0.05, 0) is 18.0 Å². The lowest BCUT2D eigenvalue weighted by Crippen LogP contribution is -2.13. The minimum absolute atomic E-state index is 0.205. The molecule has 2 heterocycles. The van der Waals surface area contributed by atoms with E-state index in [2.05, 4.69) is 17.1 Å². The van der Waals surface area contributed by atoms with Crippen molar-refractivity contribution in [3.63, 3.8) is 0 Å². The Kier molecular flexibility index (Phi) is 2.18. The van der Waals surface area contributed by atoms with Gasteiger partial charge in [0, 0.05) is 6.61 Å². The van der Waals surface area contributed by atoms with E-state index in [1.54, 1.807) is 0 Å². The van der Waals surface area contributed by atoms with E-state index in [4.69, 9.17) is 15.0 Å². The third-order valence-electron chi connectivity index (χ3n) is 2.39. The first kappa shape index (κ1) is 8.50. The maximum absolute atomic E-state index is 5.51. The van der Waals surface area contributed by atoms with Crippen LogP contribution >= 0.6 is 0 Å². The summed E-state index contributed by atoms with van der Waals surface area (Å²) in [7, 11) is 0. The Morgan fingerprint density at radius 2 is 2.46 bits per heavy atom. The second kappa shape index (κ2) is 3.33. The summed E-state index contributed by atoms with van der Waals surface area (Å²) in [5.41, 5.74) is 5.38.